The van der Waals surface area contributed by atoms with Crippen LogP contribution in [0.1, 0.15) is 26.6 Å². The average Bonchev–Trinajstić information content (AvgIpc) is 2.77. The third kappa shape index (κ3) is 2.13. The van der Waals surface area contributed by atoms with Crippen LogP contribution in [0, 0.1) is 0 Å². The van der Waals surface area contributed by atoms with Crippen LogP contribution in [0.3, 0.4) is 0 Å². The SMILES string of the molecule is CCn1ncnc1CN1C(=O)CNC(C)(C)C1=O. The summed E-state index contributed by atoms with van der Waals surface area (Å²) < 4.78 is 1.68. The topological polar surface area (TPSA) is 80.1 Å². The molecule has 1 aliphatic heterocycles. The average molecular weight is 251 g/mol. The van der Waals surface area contributed by atoms with E-state index in [2.05, 4.69) is 15.4 Å². The molecule has 0 aromatic carbocycles. The summed E-state index contributed by atoms with van der Waals surface area (Å²) in [5.74, 6) is 0.159. The van der Waals surface area contributed by atoms with E-state index in [9.17, 15) is 9.59 Å². The summed E-state index contributed by atoms with van der Waals surface area (Å²) in [6.07, 6.45) is 1.43. The van der Waals surface area contributed by atoms with Gasteiger partial charge in [-0.05, 0) is 20.8 Å². The summed E-state index contributed by atoms with van der Waals surface area (Å²) in [4.78, 5) is 29.3. The first kappa shape index (κ1) is 12.7. The Kier molecular flexibility index (Phi) is 3.16. The van der Waals surface area contributed by atoms with Gasteiger partial charge in [-0.15, -0.1) is 0 Å². The van der Waals surface area contributed by atoms with Gasteiger partial charge in [-0.25, -0.2) is 9.67 Å². The molecule has 98 valence electrons. The van der Waals surface area contributed by atoms with Crippen molar-refractivity contribution in [1.82, 2.24) is 25.0 Å². The summed E-state index contributed by atoms with van der Waals surface area (Å²) in [7, 11) is 0. The first-order valence-electron chi connectivity index (χ1n) is 5.92. The minimum atomic E-state index is -0.717. The maximum absolute atomic E-state index is 12.2. The molecule has 0 aliphatic carbocycles. The van der Waals surface area contributed by atoms with Crippen molar-refractivity contribution in [1.29, 1.82) is 0 Å². The number of nitrogens with zero attached hydrogens (tertiary/aromatic N) is 4. The van der Waals surface area contributed by atoms with Crippen LogP contribution in [-0.4, -0.2) is 43.6 Å². The number of rotatable bonds is 3. The third-order valence-corrected chi connectivity index (χ3v) is 3.06. The van der Waals surface area contributed by atoms with Gasteiger partial charge in [0.1, 0.15) is 12.2 Å². The van der Waals surface area contributed by atoms with E-state index in [1.807, 2.05) is 6.92 Å². The molecule has 2 heterocycles. The molecule has 0 radical (unpaired) electrons. The number of hydrogen-bond donors (Lipinski definition) is 1. The van der Waals surface area contributed by atoms with Crippen molar-refractivity contribution >= 4 is 11.8 Å². The van der Waals surface area contributed by atoms with E-state index in [-0.39, 0.29) is 24.9 Å². The summed E-state index contributed by atoms with van der Waals surface area (Å²) in [5.41, 5.74) is -0.717. The van der Waals surface area contributed by atoms with Gasteiger partial charge in [0.05, 0.1) is 18.6 Å². The highest BCUT2D eigenvalue weighted by molar-refractivity contribution is 6.02. The van der Waals surface area contributed by atoms with Crippen molar-refractivity contribution in [2.75, 3.05) is 6.54 Å². The fraction of sp³-hybridized carbons (Fsp3) is 0.636. The van der Waals surface area contributed by atoms with Crippen molar-refractivity contribution in [3.63, 3.8) is 0 Å². The van der Waals surface area contributed by atoms with Crippen LogP contribution < -0.4 is 5.32 Å². The lowest BCUT2D eigenvalue weighted by Crippen LogP contribution is -2.63. The Morgan fingerprint density at radius 2 is 2.17 bits per heavy atom. The molecular formula is C11H17N5O2. The van der Waals surface area contributed by atoms with Gasteiger partial charge in [-0.3, -0.25) is 19.8 Å². The highest BCUT2D eigenvalue weighted by Crippen LogP contribution is 2.15. The molecule has 1 fully saturated rings. The smallest absolute Gasteiger partial charge is 0.249 e. The number of aromatic nitrogens is 3. The molecule has 1 saturated heterocycles. The number of piperazine rings is 1. The predicted molar refractivity (Wildman–Crippen MR) is 63.3 cm³/mol. The van der Waals surface area contributed by atoms with Crippen LogP contribution in [0.4, 0.5) is 0 Å². The Bertz CT molecular complexity index is 480. The van der Waals surface area contributed by atoms with E-state index >= 15 is 0 Å². The zero-order valence-electron chi connectivity index (χ0n) is 10.8. The summed E-state index contributed by atoms with van der Waals surface area (Å²) >= 11 is 0. The second kappa shape index (κ2) is 4.49. The van der Waals surface area contributed by atoms with E-state index in [0.29, 0.717) is 12.4 Å². The molecule has 0 spiro atoms. The van der Waals surface area contributed by atoms with E-state index in [1.165, 1.54) is 11.2 Å². The second-order valence-corrected chi connectivity index (χ2v) is 4.76. The molecule has 2 amide bonds. The highest BCUT2D eigenvalue weighted by atomic mass is 16.2. The molecule has 0 unspecified atom stereocenters. The van der Waals surface area contributed by atoms with Gasteiger partial charge in [-0.2, -0.15) is 5.10 Å². The maximum atomic E-state index is 12.2. The van der Waals surface area contributed by atoms with Crippen LogP contribution in [0.2, 0.25) is 0 Å². The molecule has 2 rings (SSSR count). The molecule has 1 aliphatic rings. The largest absolute Gasteiger partial charge is 0.295 e. The van der Waals surface area contributed by atoms with Crippen LogP contribution in [0.5, 0.6) is 0 Å². The maximum Gasteiger partial charge on any atom is 0.249 e. The summed E-state index contributed by atoms with van der Waals surface area (Å²) in [5, 5.41) is 6.94. The number of imide groups is 1. The fourth-order valence-electron chi connectivity index (χ4n) is 1.89. The van der Waals surface area contributed by atoms with Gasteiger partial charge in [0.15, 0.2) is 0 Å². The van der Waals surface area contributed by atoms with Gasteiger partial charge in [0, 0.05) is 6.54 Å². The van der Waals surface area contributed by atoms with Gasteiger partial charge in [-0.1, -0.05) is 0 Å². The van der Waals surface area contributed by atoms with Crippen LogP contribution in [-0.2, 0) is 22.7 Å². The predicted octanol–water partition coefficient (Wildman–Crippen LogP) is -0.465. The number of carbonyl (C=O) groups excluding carboxylic acids is 2. The number of hydrogen-bond acceptors (Lipinski definition) is 5. The number of amides is 2. The van der Waals surface area contributed by atoms with Crippen molar-refractivity contribution in [3.8, 4) is 0 Å². The summed E-state index contributed by atoms with van der Waals surface area (Å²) in [6, 6.07) is 0. The van der Waals surface area contributed by atoms with Gasteiger partial charge < -0.3 is 0 Å². The zero-order valence-corrected chi connectivity index (χ0v) is 10.8. The zero-order chi connectivity index (χ0) is 13.3. The molecule has 1 aromatic rings. The quantitative estimate of drug-likeness (QED) is 0.735. The normalized spacial score (nSPS) is 19.4. The van der Waals surface area contributed by atoms with Crippen molar-refractivity contribution in [2.24, 2.45) is 0 Å². The number of aryl methyl sites for hydroxylation is 1. The van der Waals surface area contributed by atoms with E-state index in [0.717, 1.165) is 0 Å². The Morgan fingerprint density at radius 1 is 1.44 bits per heavy atom. The molecule has 1 N–H and O–H groups in total. The highest BCUT2D eigenvalue weighted by Gasteiger charge is 2.40. The number of carbonyl (C=O) groups is 2. The van der Waals surface area contributed by atoms with Gasteiger partial charge >= 0.3 is 0 Å². The molecule has 7 nitrogen and oxygen atoms in total. The van der Waals surface area contributed by atoms with Crippen LogP contribution in [0.25, 0.3) is 0 Å². The lowest BCUT2D eigenvalue weighted by Gasteiger charge is -2.36. The molecule has 0 bridgehead atoms. The standard InChI is InChI=1S/C11H17N5O2/c1-4-16-8(12-7-14-16)6-15-9(17)5-13-11(2,3)10(15)18/h7,13H,4-6H2,1-3H3. The second-order valence-electron chi connectivity index (χ2n) is 4.76. The first-order valence-corrected chi connectivity index (χ1v) is 5.92. The summed E-state index contributed by atoms with van der Waals surface area (Å²) in [6.45, 7) is 6.46. The van der Waals surface area contributed by atoms with Crippen molar-refractivity contribution in [3.05, 3.63) is 12.2 Å². The molecule has 0 saturated carbocycles. The Balaban J connectivity index is 2.21. The van der Waals surface area contributed by atoms with E-state index in [1.54, 1.807) is 18.5 Å². The Morgan fingerprint density at radius 3 is 2.83 bits per heavy atom. The van der Waals surface area contributed by atoms with Gasteiger partial charge in [0.2, 0.25) is 11.8 Å². The monoisotopic (exact) mass is 251 g/mol. The first-order chi connectivity index (χ1) is 8.45. The Hall–Kier alpha value is -1.76. The van der Waals surface area contributed by atoms with Crippen molar-refractivity contribution < 1.29 is 9.59 Å². The van der Waals surface area contributed by atoms with Gasteiger partial charge in [0.25, 0.3) is 0 Å². The minimum Gasteiger partial charge on any atom is -0.295 e. The fourth-order valence-corrected chi connectivity index (χ4v) is 1.89. The van der Waals surface area contributed by atoms with Crippen LogP contribution in [0.15, 0.2) is 6.33 Å². The van der Waals surface area contributed by atoms with E-state index in [4.69, 9.17) is 0 Å². The Labute approximate surface area is 105 Å². The molecule has 18 heavy (non-hydrogen) atoms. The van der Waals surface area contributed by atoms with E-state index < -0.39 is 5.54 Å². The molecular weight excluding hydrogens is 234 g/mol. The van der Waals surface area contributed by atoms with Crippen LogP contribution >= 0.6 is 0 Å². The lowest BCUT2D eigenvalue weighted by molar-refractivity contribution is -0.153. The third-order valence-electron chi connectivity index (χ3n) is 3.06. The molecule has 1 aromatic heterocycles. The molecule has 0 atom stereocenters. The van der Waals surface area contributed by atoms with Crippen molar-refractivity contribution in [2.45, 2.75) is 39.4 Å². The number of nitrogens with one attached hydrogen (secondary N) is 1. The lowest BCUT2D eigenvalue weighted by atomic mass is 10.0. The molecule has 7 heteroatoms. The minimum absolute atomic E-state index is 0.166.